The van der Waals surface area contributed by atoms with Crippen molar-refractivity contribution in [2.75, 3.05) is 9.80 Å². The van der Waals surface area contributed by atoms with Crippen LogP contribution in [0.1, 0.15) is 44.5 Å². The molecule has 10 aromatic carbocycles. The molecule has 0 bridgehead atoms. The molecule has 2 aliphatic rings. The Balaban J connectivity index is 1.18. The van der Waals surface area contributed by atoms with Gasteiger partial charge in [0.1, 0.15) is 0 Å². The van der Waals surface area contributed by atoms with Crippen molar-refractivity contribution in [1.29, 1.82) is 0 Å². The highest BCUT2D eigenvalue weighted by Gasteiger charge is 2.34. The summed E-state index contributed by atoms with van der Waals surface area (Å²) in [5.41, 5.74) is 23.0. The van der Waals surface area contributed by atoms with Crippen LogP contribution in [0.5, 0.6) is 0 Å². The van der Waals surface area contributed by atoms with Crippen molar-refractivity contribution in [1.82, 2.24) is 0 Å². The van der Waals surface area contributed by atoms with E-state index in [9.17, 15) is 0 Å². The highest BCUT2D eigenvalue weighted by molar-refractivity contribution is 6.15. The summed E-state index contributed by atoms with van der Waals surface area (Å²) in [6.07, 6.45) is 0. The lowest BCUT2D eigenvalue weighted by molar-refractivity contribution is 1.24. The van der Waals surface area contributed by atoms with Crippen molar-refractivity contribution in [3.63, 3.8) is 0 Å². The van der Waals surface area contributed by atoms with Crippen LogP contribution in [0, 0.1) is 0 Å². The van der Waals surface area contributed by atoms with Gasteiger partial charge in [-0.15, -0.1) is 0 Å². The van der Waals surface area contributed by atoms with Crippen molar-refractivity contribution in [3.05, 3.63) is 311 Å². The molecule has 2 heteroatoms. The van der Waals surface area contributed by atoms with E-state index in [1.807, 2.05) is 0 Å². The molecule has 2 heterocycles. The molecule has 0 amide bonds. The molecular formula is C64H44N2. The molecule has 0 aliphatic carbocycles. The van der Waals surface area contributed by atoms with Gasteiger partial charge in [-0.2, -0.15) is 0 Å². The molecule has 2 nitrogen and oxygen atoms in total. The number of benzene rings is 10. The molecule has 310 valence electrons. The molecule has 12 rings (SSSR count). The van der Waals surface area contributed by atoms with Crippen LogP contribution in [0.15, 0.2) is 267 Å². The number of hydrogen-bond donors (Lipinski definition) is 0. The standard InChI is InChI=1S/C64H44N2/c1-6-25-45(26-7-1)60-50-35-16-20-39-54(50)65(55-40-21-17-36-51(55)61(60)46-27-8-2-9-28-46)58-43-24-44-59(64(58)49-33-14-5-15-34-49)66-56-41-22-18-37-52(56)62(47-29-10-3-11-30-47)63(48-31-12-4-13-32-48)53-38-19-23-42-57(53)66/h1-44H. The van der Waals surface area contributed by atoms with E-state index < -0.39 is 0 Å². The number of para-hydroxylation sites is 4. The Bertz CT molecular complexity index is 3050. The number of nitrogens with zero attached hydrogens (tertiary/aromatic N) is 2. The Morgan fingerprint density at radius 2 is 0.379 bits per heavy atom. The van der Waals surface area contributed by atoms with Crippen LogP contribution in [-0.2, 0) is 0 Å². The van der Waals surface area contributed by atoms with Crippen LogP contribution in [0.4, 0.5) is 34.1 Å². The fourth-order valence-electron chi connectivity index (χ4n) is 10.3. The second-order valence-corrected chi connectivity index (χ2v) is 16.7. The minimum absolute atomic E-state index is 1.08. The van der Waals surface area contributed by atoms with Gasteiger partial charge in [-0.1, -0.05) is 231 Å². The molecule has 0 N–H and O–H groups in total. The molecule has 0 spiro atoms. The van der Waals surface area contributed by atoms with E-state index in [-0.39, 0.29) is 0 Å². The Morgan fingerprint density at radius 1 is 0.167 bits per heavy atom. The van der Waals surface area contributed by atoms with Crippen LogP contribution in [0.2, 0.25) is 0 Å². The smallest absolute Gasteiger partial charge is 0.0561 e. The van der Waals surface area contributed by atoms with Crippen LogP contribution in [0.3, 0.4) is 0 Å². The quantitative estimate of drug-likeness (QED) is 0.158. The second-order valence-electron chi connectivity index (χ2n) is 16.7. The molecule has 2 aliphatic heterocycles. The maximum absolute atomic E-state index is 2.52. The lowest BCUT2D eigenvalue weighted by Gasteiger charge is -2.34. The summed E-state index contributed by atoms with van der Waals surface area (Å²) in [7, 11) is 0. The zero-order valence-corrected chi connectivity index (χ0v) is 36.3. The van der Waals surface area contributed by atoms with E-state index in [4.69, 9.17) is 0 Å². The van der Waals surface area contributed by atoms with Crippen molar-refractivity contribution in [2.45, 2.75) is 0 Å². The molecule has 0 radical (unpaired) electrons. The third kappa shape index (κ3) is 6.58. The number of rotatable bonds is 7. The second kappa shape index (κ2) is 16.8. The fourth-order valence-corrected chi connectivity index (χ4v) is 10.3. The van der Waals surface area contributed by atoms with E-state index >= 15 is 0 Å². The molecule has 0 atom stereocenters. The fraction of sp³-hybridized carbons (Fsp3) is 0. The van der Waals surface area contributed by atoms with Crippen molar-refractivity contribution in [2.24, 2.45) is 0 Å². The van der Waals surface area contributed by atoms with Gasteiger partial charge in [0.05, 0.1) is 34.1 Å². The molecule has 0 fully saturated rings. The maximum atomic E-state index is 2.52. The maximum Gasteiger partial charge on any atom is 0.0561 e. The number of anilines is 6. The lowest BCUT2D eigenvalue weighted by Crippen LogP contribution is -2.17. The largest absolute Gasteiger partial charge is 0.309 e. The first-order valence-electron chi connectivity index (χ1n) is 22.7. The third-order valence-corrected chi connectivity index (χ3v) is 13.0. The van der Waals surface area contributed by atoms with Crippen molar-refractivity contribution >= 4 is 56.4 Å². The summed E-state index contributed by atoms with van der Waals surface area (Å²) in [4.78, 5) is 5.04. The topological polar surface area (TPSA) is 6.48 Å². The van der Waals surface area contributed by atoms with Gasteiger partial charge in [0, 0.05) is 27.8 Å². The summed E-state index contributed by atoms with van der Waals surface area (Å²) in [5, 5.41) is 0. The Hall–Kier alpha value is -8.72. The van der Waals surface area contributed by atoms with E-state index in [1.54, 1.807) is 0 Å². The normalized spacial score (nSPS) is 13.0. The number of fused-ring (bicyclic) bond motifs is 4. The van der Waals surface area contributed by atoms with Gasteiger partial charge in [0.2, 0.25) is 0 Å². The van der Waals surface area contributed by atoms with E-state index in [0.29, 0.717) is 0 Å². The molecular weight excluding hydrogens is 797 g/mol. The Kier molecular flexibility index (Phi) is 9.89. The summed E-state index contributed by atoms with van der Waals surface area (Å²) in [5.74, 6) is 0. The predicted molar refractivity (Wildman–Crippen MR) is 277 cm³/mol. The third-order valence-electron chi connectivity index (χ3n) is 13.0. The molecule has 0 saturated carbocycles. The monoisotopic (exact) mass is 840 g/mol. The minimum atomic E-state index is 1.08. The predicted octanol–water partition coefficient (Wildman–Crippen LogP) is 16.9. The highest BCUT2D eigenvalue weighted by atomic mass is 15.2. The summed E-state index contributed by atoms with van der Waals surface area (Å²) < 4.78 is 0. The van der Waals surface area contributed by atoms with Gasteiger partial charge >= 0.3 is 0 Å². The van der Waals surface area contributed by atoms with Gasteiger partial charge in [-0.05, 0) is 86.5 Å². The van der Waals surface area contributed by atoms with Crippen LogP contribution < -0.4 is 9.80 Å². The highest BCUT2D eigenvalue weighted by Crippen LogP contribution is 2.57. The molecule has 66 heavy (non-hydrogen) atoms. The summed E-state index contributed by atoms with van der Waals surface area (Å²) >= 11 is 0. The van der Waals surface area contributed by atoms with Crippen molar-refractivity contribution < 1.29 is 0 Å². The van der Waals surface area contributed by atoms with E-state index in [1.165, 1.54) is 44.5 Å². The zero-order valence-electron chi connectivity index (χ0n) is 36.3. The van der Waals surface area contributed by atoms with Crippen LogP contribution in [-0.4, -0.2) is 0 Å². The van der Waals surface area contributed by atoms with Gasteiger partial charge in [-0.3, -0.25) is 0 Å². The number of hydrogen-bond acceptors (Lipinski definition) is 2. The van der Waals surface area contributed by atoms with Gasteiger partial charge in [-0.25, -0.2) is 0 Å². The van der Waals surface area contributed by atoms with E-state index in [0.717, 1.165) is 67.5 Å². The minimum Gasteiger partial charge on any atom is -0.309 e. The Morgan fingerprint density at radius 3 is 0.652 bits per heavy atom. The average Bonchev–Trinajstić information content (AvgIpc) is 3.61. The molecule has 0 saturated heterocycles. The van der Waals surface area contributed by atoms with Crippen molar-refractivity contribution in [3.8, 4) is 11.1 Å². The first-order chi connectivity index (χ1) is 32.8. The lowest BCUT2D eigenvalue weighted by atomic mass is 9.86. The molecule has 0 aromatic heterocycles. The van der Waals surface area contributed by atoms with Gasteiger partial charge < -0.3 is 9.80 Å². The van der Waals surface area contributed by atoms with E-state index in [2.05, 4.69) is 277 Å². The Labute approximate surface area is 387 Å². The van der Waals surface area contributed by atoms with Gasteiger partial charge in [0.15, 0.2) is 0 Å². The van der Waals surface area contributed by atoms with Crippen LogP contribution in [0.25, 0.3) is 33.4 Å². The average molecular weight is 841 g/mol. The summed E-state index contributed by atoms with van der Waals surface area (Å²) in [6.45, 7) is 0. The SMILES string of the molecule is c1ccc(C2=C(c3ccccc3)c3ccccc3N(c3cccc(N4c5ccccc5C(c5ccccc5)=C(c5ccccc5)c5ccccc54)c3-c3ccccc3)c3ccccc32)cc1. The van der Waals surface area contributed by atoms with Crippen LogP contribution >= 0.6 is 0 Å². The first-order valence-corrected chi connectivity index (χ1v) is 22.7. The molecule has 10 aromatic rings. The first kappa shape index (κ1) is 38.9. The van der Waals surface area contributed by atoms with Gasteiger partial charge in [0.25, 0.3) is 0 Å². The summed E-state index contributed by atoms with van der Waals surface area (Å²) in [6, 6.07) is 97.3. The zero-order chi connectivity index (χ0) is 43.8. The molecule has 0 unspecified atom stereocenters.